The summed E-state index contributed by atoms with van der Waals surface area (Å²) >= 11 is 1.39. The minimum absolute atomic E-state index is 0.0120. The fourth-order valence-electron chi connectivity index (χ4n) is 4.30. The number of nitrogens with zero attached hydrogens (tertiary/aromatic N) is 2. The molecule has 0 spiro atoms. The van der Waals surface area contributed by atoms with Crippen molar-refractivity contribution in [2.45, 2.75) is 20.8 Å². The second kappa shape index (κ2) is 7.54. The summed E-state index contributed by atoms with van der Waals surface area (Å²) in [5.41, 5.74) is 5.08. The molecule has 0 bridgehead atoms. The van der Waals surface area contributed by atoms with Gasteiger partial charge in [0.1, 0.15) is 5.58 Å². The molecule has 3 heterocycles. The van der Waals surface area contributed by atoms with Crippen molar-refractivity contribution < 1.29 is 9.21 Å². The van der Waals surface area contributed by atoms with Crippen LogP contribution in [0.3, 0.4) is 0 Å². The number of carbonyl (C=O) groups is 1. The number of thiophene rings is 1. The third kappa shape index (κ3) is 3.41. The van der Waals surface area contributed by atoms with E-state index in [4.69, 9.17) is 4.42 Å². The van der Waals surface area contributed by atoms with E-state index in [1.807, 2.05) is 30.0 Å². The number of benzene rings is 2. The fraction of sp³-hybridized carbons (Fsp3) is 0.280. The summed E-state index contributed by atoms with van der Waals surface area (Å²) in [7, 11) is 0. The van der Waals surface area contributed by atoms with Crippen molar-refractivity contribution in [1.29, 1.82) is 0 Å². The molecule has 1 amide bonds. The van der Waals surface area contributed by atoms with Gasteiger partial charge in [-0.3, -0.25) is 4.79 Å². The Labute approximate surface area is 184 Å². The van der Waals surface area contributed by atoms with Crippen LogP contribution in [0.25, 0.3) is 21.1 Å². The summed E-state index contributed by atoms with van der Waals surface area (Å²) < 4.78 is 6.30. The number of aryl methyl sites for hydroxylation is 2. The lowest BCUT2D eigenvalue weighted by molar-refractivity contribution is 0.0751. The van der Waals surface area contributed by atoms with Crippen molar-refractivity contribution in [3.8, 4) is 0 Å². The summed E-state index contributed by atoms with van der Waals surface area (Å²) in [4.78, 5) is 30.5. The molecule has 1 saturated heterocycles. The second-order valence-corrected chi connectivity index (χ2v) is 9.29. The number of hydrogen-bond acceptors (Lipinski definition) is 5. The SMILES string of the molecule is Cc1ccc2oc(=O)c3cc(C(=O)N4CCN(c5cccc(C)c5C)CC4)sc3c2c1. The minimum Gasteiger partial charge on any atom is -0.422 e. The normalized spacial score (nSPS) is 14.5. The van der Waals surface area contributed by atoms with Gasteiger partial charge in [-0.1, -0.05) is 23.8 Å². The van der Waals surface area contributed by atoms with Gasteiger partial charge in [-0.15, -0.1) is 11.3 Å². The molecule has 5 nitrogen and oxygen atoms in total. The highest BCUT2D eigenvalue weighted by Gasteiger charge is 2.25. The zero-order valence-corrected chi connectivity index (χ0v) is 18.7. The van der Waals surface area contributed by atoms with Crippen LogP contribution >= 0.6 is 11.3 Å². The molecule has 4 aromatic rings. The molecule has 6 heteroatoms. The quantitative estimate of drug-likeness (QED) is 0.423. The molecule has 1 aliphatic heterocycles. The Morgan fingerprint density at radius 2 is 1.74 bits per heavy atom. The summed E-state index contributed by atoms with van der Waals surface area (Å²) in [6.45, 7) is 9.20. The molecule has 0 radical (unpaired) electrons. The first kappa shape index (κ1) is 19.8. The predicted molar refractivity (Wildman–Crippen MR) is 127 cm³/mol. The highest BCUT2D eigenvalue weighted by Crippen LogP contribution is 2.32. The molecule has 158 valence electrons. The van der Waals surface area contributed by atoms with Crippen molar-refractivity contribution in [3.63, 3.8) is 0 Å². The molecule has 1 aliphatic rings. The standard InChI is InChI=1S/C25H24N2O3S/c1-15-7-8-21-18(13-15)23-19(25(29)30-21)14-22(31-23)24(28)27-11-9-26(10-12-27)20-6-4-5-16(2)17(20)3/h4-8,13-14H,9-12H2,1-3H3. The Kier molecular flexibility index (Phi) is 4.82. The first-order valence-corrected chi connectivity index (χ1v) is 11.3. The van der Waals surface area contributed by atoms with Gasteiger partial charge in [-0.2, -0.15) is 0 Å². The highest BCUT2D eigenvalue weighted by atomic mass is 32.1. The summed E-state index contributed by atoms with van der Waals surface area (Å²) in [6.07, 6.45) is 0. The molecular weight excluding hydrogens is 408 g/mol. The maximum atomic E-state index is 13.2. The average Bonchev–Trinajstić information content (AvgIpc) is 3.22. The topological polar surface area (TPSA) is 53.8 Å². The molecule has 2 aromatic heterocycles. The maximum absolute atomic E-state index is 13.2. The van der Waals surface area contributed by atoms with Crippen molar-refractivity contribution in [2.24, 2.45) is 0 Å². The van der Waals surface area contributed by atoms with Crippen LogP contribution in [0.15, 0.2) is 51.7 Å². The van der Waals surface area contributed by atoms with Crippen molar-refractivity contribution >= 4 is 44.0 Å². The van der Waals surface area contributed by atoms with Gasteiger partial charge in [0.05, 0.1) is 15.0 Å². The van der Waals surface area contributed by atoms with Gasteiger partial charge in [0, 0.05) is 37.3 Å². The van der Waals surface area contributed by atoms with E-state index < -0.39 is 0 Å². The minimum atomic E-state index is -0.388. The van der Waals surface area contributed by atoms with Crippen LogP contribution in [0.5, 0.6) is 0 Å². The van der Waals surface area contributed by atoms with Crippen LogP contribution in [0, 0.1) is 20.8 Å². The maximum Gasteiger partial charge on any atom is 0.345 e. The van der Waals surface area contributed by atoms with Gasteiger partial charge in [0.2, 0.25) is 0 Å². The number of anilines is 1. The zero-order chi connectivity index (χ0) is 21.7. The average molecular weight is 433 g/mol. The monoisotopic (exact) mass is 432 g/mol. The van der Waals surface area contributed by atoms with Gasteiger partial charge >= 0.3 is 5.63 Å². The van der Waals surface area contributed by atoms with Gasteiger partial charge < -0.3 is 14.2 Å². The predicted octanol–water partition coefficient (Wildman–Crippen LogP) is 4.90. The lowest BCUT2D eigenvalue weighted by Crippen LogP contribution is -2.48. The molecule has 0 saturated carbocycles. The van der Waals surface area contributed by atoms with Crippen LogP contribution in [-0.4, -0.2) is 37.0 Å². The van der Waals surface area contributed by atoms with Crippen molar-refractivity contribution in [3.05, 3.63) is 74.5 Å². The van der Waals surface area contributed by atoms with Gasteiger partial charge in [0.25, 0.3) is 5.91 Å². The number of piperazine rings is 1. The van der Waals surface area contributed by atoms with Crippen LogP contribution in [0.4, 0.5) is 5.69 Å². The molecule has 31 heavy (non-hydrogen) atoms. The third-order valence-electron chi connectivity index (χ3n) is 6.23. The first-order valence-electron chi connectivity index (χ1n) is 10.5. The number of amides is 1. The molecule has 0 atom stereocenters. The van der Waals surface area contributed by atoms with Crippen molar-refractivity contribution in [1.82, 2.24) is 4.90 Å². The van der Waals surface area contributed by atoms with Gasteiger partial charge in [-0.05, 0) is 56.2 Å². The Hall–Kier alpha value is -3.12. The van der Waals surface area contributed by atoms with E-state index in [0.29, 0.717) is 28.9 Å². The van der Waals surface area contributed by atoms with Gasteiger partial charge in [-0.25, -0.2) is 4.79 Å². The van der Waals surface area contributed by atoms with E-state index in [9.17, 15) is 9.59 Å². The number of carbonyl (C=O) groups excluding carboxylic acids is 1. The molecule has 0 aliphatic carbocycles. The van der Waals surface area contributed by atoms with Gasteiger partial charge in [0.15, 0.2) is 0 Å². The third-order valence-corrected chi connectivity index (χ3v) is 7.39. The van der Waals surface area contributed by atoms with E-state index in [1.54, 1.807) is 6.07 Å². The Morgan fingerprint density at radius 1 is 0.968 bits per heavy atom. The molecule has 1 fully saturated rings. The molecule has 0 N–H and O–H groups in total. The first-order chi connectivity index (χ1) is 14.9. The Morgan fingerprint density at radius 3 is 2.52 bits per heavy atom. The lowest BCUT2D eigenvalue weighted by atomic mass is 10.1. The lowest BCUT2D eigenvalue weighted by Gasteiger charge is -2.36. The molecular formula is C25H24N2O3S. The number of fused-ring (bicyclic) bond motifs is 3. The molecule has 0 unspecified atom stereocenters. The largest absolute Gasteiger partial charge is 0.422 e. The summed E-state index contributed by atoms with van der Waals surface area (Å²) in [6, 6.07) is 13.8. The van der Waals surface area contributed by atoms with E-state index in [0.717, 1.165) is 28.7 Å². The highest BCUT2D eigenvalue weighted by molar-refractivity contribution is 7.21. The van der Waals surface area contributed by atoms with Crippen LogP contribution in [0.1, 0.15) is 26.4 Å². The Balaban J connectivity index is 1.41. The van der Waals surface area contributed by atoms with E-state index in [2.05, 4.69) is 36.9 Å². The molecule has 5 rings (SSSR count). The van der Waals surface area contributed by atoms with Crippen LogP contribution < -0.4 is 10.5 Å². The number of hydrogen-bond donors (Lipinski definition) is 0. The second-order valence-electron chi connectivity index (χ2n) is 8.24. The van der Waals surface area contributed by atoms with Crippen LogP contribution in [-0.2, 0) is 0 Å². The summed E-state index contributed by atoms with van der Waals surface area (Å²) in [5, 5.41) is 1.37. The zero-order valence-electron chi connectivity index (χ0n) is 17.9. The van der Waals surface area contributed by atoms with Crippen LogP contribution in [0.2, 0.25) is 0 Å². The fourth-order valence-corrected chi connectivity index (χ4v) is 5.43. The molecule has 2 aromatic carbocycles. The number of rotatable bonds is 2. The van der Waals surface area contributed by atoms with E-state index in [1.165, 1.54) is 28.2 Å². The summed E-state index contributed by atoms with van der Waals surface area (Å²) in [5.74, 6) is -0.0120. The Bertz CT molecular complexity index is 1380. The van der Waals surface area contributed by atoms with E-state index in [-0.39, 0.29) is 11.5 Å². The smallest absolute Gasteiger partial charge is 0.345 e. The van der Waals surface area contributed by atoms with E-state index >= 15 is 0 Å². The van der Waals surface area contributed by atoms with Crippen molar-refractivity contribution in [2.75, 3.05) is 31.1 Å².